The first-order valence-electron chi connectivity index (χ1n) is 6.16. The number of hydrogen-bond donors (Lipinski definition) is 2. The highest BCUT2D eigenvalue weighted by Crippen LogP contribution is 2.20. The Kier molecular flexibility index (Phi) is 4.31. The van der Waals surface area contributed by atoms with E-state index in [1.807, 2.05) is 6.92 Å². The van der Waals surface area contributed by atoms with Crippen LogP contribution in [-0.4, -0.2) is 41.4 Å². The summed E-state index contributed by atoms with van der Waals surface area (Å²) >= 11 is 1.40. The average molecular weight is 270 g/mol. The van der Waals surface area contributed by atoms with Gasteiger partial charge in [-0.25, -0.2) is 4.98 Å². The van der Waals surface area contributed by atoms with Crippen molar-refractivity contribution in [2.24, 2.45) is 0 Å². The fourth-order valence-electron chi connectivity index (χ4n) is 1.84. The fourth-order valence-corrected chi connectivity index (χ4v) is 2.61. The molecular formula is C12H18N2O3S. The van der Waals surface area contributed by atoms with Gasteiger partial charge in [0.25, 0.3) is 5.91 Å². The number of rotatable bonds is 4. The van der Waals surface area contributed by atoms with Crippen LogP contribution in [0.4, 0.5) is 0 Å². The smallest absolute Gasteiger partial charge is 0.263 e. The molecule has 1 fully saturated rings. The van der Waals surface area contributed by atoms with Crippen molar-refractivity contribution in [1.29, 1.82) is 0 Å². The summed E-state index contributed by atoms with van der Waals surface area (Å²) in [6, 6.07) is 0. The van der Waals surface area contributed by atoms with Crippen molar-refractivity contribution in [3.63, 3.8) is 0 Å². The predicted octanol–water partition coefficient (Wildman–Crippen LogP) is 0.977. The monoisotopic (exact) mass is 270 g/mol. The van der Waals surface area contributed by atoms with E-state index in [-0.39, 0.29) is 12.5 Å². The normalized spacial score (nSPS) is 18.6. The summed E-state index contributed by atoms with van der Waals surface area (Å²) in [6.45, 7) is 3.37. The average Bonchev–Trinajstić information content (AvgIpc) is 2.86. The molecule has 1 saturated heterocycles. The van der Waals surface area contributed by atoms with Crippen LogP contribution in [0.5, 0.6) is 0 Å². The minimum absolute atomic E-state index is 0.160. The van der Waals surface area contributed by atoms with E-state index in [0.717, 1.165) is 11.4 Å². The van der Waals surface area contributed by atoms with Crippen molar-refractivity contribution in [2.75, 3.05) is 19.8 Å². The molecule has 0 atom stereocenters. The maximum absolute atomic E-state index is 11.9. The van der Waals surface area contributed by atoms with Gasteiger partial charge in [0.1, 0.15) is 4.88 Å². The first kappa shape index (κ1) is 13.5. The number of nitrogens with one attached hydrogen (secondary N) is 1. The van der Waals surface area contributed by atoms with E-state index >= 15 is 0 Å². The lowest BCUT2D eigenvalue weighted by atomic mass is 9.94. The first-order chi connectivity index (χ1) is 8.63. The first-order valence-corrected chi connectivity index (χ1v) is 6.98. The molecule has 0 spiro atoms. The minimum Gasteiger partial charge on any atom is -0.388 e. The lowest BCUT2D eigenvalue weighted by Crippen LogP contribution is -2.46. The molecule has 1 aliphatic rings. The van der Waals surface area contributed by atoms with E-state index in [1.165, 1.54) is 11.3 Å². The van der Waals surface area contributed by atoms with Gasteiger partial charge in [0.2, 0.25) is 0 Å². The number of carbonyl (C=O) groups excluding carboxylic acids is 1. The van der Waals surface area contributed by atoms with E-state index in [1.54, 1.807) is 6.20 Å². The highest BCUT2D eigenvalue weighted by Gasteiger charge is 2.30. The second kappa shape index (κ2) is 5.77. The van der Waals surface area contributed by atoms with Gasteiger partial charge in [0.05, 0.1) is 16.8 Å². The second-order valence-electron chi connectivity index (χ2n) is 4.49. The molecule has 2 rings (SSSR count). The van der Waals surface area contributed by atoms with Crippen LogP contribution >= 0.6 is 11.3 Å². The number of ether oxygens (including phenoxy) is 1. The number of amides is 1. The van der Waals surface area contributed by atoms with Crippen LogP contribution in [-0.2, 0) is 11.2 Å². The van der Waals surface area contributed by atoms with Crippen LogP contribution < -0.4 is 5.32 Å². The zero-order valence-electron chi connectivity index (χ0n) is 10.4. The molecule has 0 saturated carbocycles. The summed E-state index contributed by atoms with van der Waals surface area (Å²) in [4.78, 5) is 16.6. The van der Waals surface area contributed by atoms with Gasteiger partial charge in [-0.05, 0) is 6.42 Å². The molecular weight excluding hydrogens is 252 g/mol. The topological polar surface area (TPSA) is 71.5 Å². The molecule has 5 nitrogen and oxygen atoms in total. The molecule has 0 bridgehead atoms. The number of carbonyl (C=O) groups is 1. The number of aromatic nitrogens is 1. The summed E-state index contributed by atoms with van der Waals surface area (Å²) in [5, 5.41) is 13.9. The SMILES string of the molecule is CCc1ncc(C(=O)NCC2(O)CCOCC2)s1. The van der Waals surface area contributed by atoms with E-state index in [0.29, 0.717) is 30.9 Å². The highest BCUT2D eigenvalue weighted by atomic mass is 32.1. The van der Waals surface area contributed by atoms with Gasteiger partial charge in [-0.2, -0.15) is 0 Å². The molecule has 0 radical (unpaired) electrons. The van der Waals surface area contributed by atoms with E-state index in [2.05, 4.69) is 10.3 Å². The lowest BCUT2D eigenvalue weighted by Gasteiger charge is -2.31. The zero-order valence-corrected chi connectivity index (χ0v) is 11.3. The molecule has 0 aromatic carbocycles. The Morgan fingerprint density at radius 1 is 1.61 bits per heavy atom. The number of nitrogens with zero attached hydrogens (tertiary/aromatic N) is 1. The van der Waals surface area contributed by atoms with Crippen molar-refractivity contribution >= 4 is 17.2 Å². The lowest BCUT2D eigenvalue weighted by molar-refractivity contribution is -0.0605. The summed E-state index contributed by atoms with van der Waals surface area (Å²) < 4.78 is 5.19. The second-order valence-corrected chi connectivity index (χ2v) is 5.61. The molecule has 18 heavy (non-hydrogen) atoms. The van der Waals surface area contributed by atoms with Crippen molar-refractivity contribution < 1.29 is 14.6 Å². The van der Waals surface area contributed by atoms with Gasteiger partial charge >= 0.3 is 0 Å². The Bertz CT molecular complexity index is 413. The van der Waals surface area contributed by atoms with Crippen molar-refractivity contribution in [3.05, 3.63) is 16.1 Å². The van der Waals surface area contributed by atoms with Crippen molar-refractivity contribution in [2.45, 2.75) is 31.8 Å². The fraction of sp³-hybridized carbons (Fsp3) is 0.667. The van der Waals surface area contributed by atoms with E-state index in [4.69, 9.17) is 4.74 Å². The summed E-state index contributed by atoms with van der Waals surface area (Å²) in [5.41, 5.74) is -0.827. The van der Waals surface area contributed by atoms with E-state index in [9.17, 15) is 9.90 Å². The van der Waals surface area contributed by atoms with Crippen LogP contribution in [0.3, 0.4) is 0 Å². The van der Waals surface area contributed by atoms with Gasteiger partial charge in [-0.3, -0.25) is 4.79 Å². The summed E-state index contributed by atoms with van der Waals surface area (Å²) in [5.74, 6) is -0.160. The number of thiazole rings is 1. The molecule has 2 N–H and O–H groups in total. The summed E-state index contributed by atoms with van der Waals surface area (Å²) in [6.07, 6.45) is 3.55. The molecule has 100 valence electrons. The standard InChI is InChI=1S/C12H18N2O3S/c1-2-10-13-7-9(18-10)11(15)14-8-12(16)3-5-17-6-4-12/h7,16H,2-6,8H2,1H3,(H,14,15). The third-order valence-corrected chi connectivity index (χ3v) is 4.22. The maximum Gasteiger partial charge on any atom is 0.263 e. The predicted molar refractivity (Wildman–Crippen MR) is 68.8 cm³/mol. The molecule has 1 aliphatic heterocycles. The van der Waals surface area contributed by atoms with Crippen molar-refractivity contribution in [3.8, 4) is 0 Å². The van der Waals surface area contributed by atoms with Crippen LogP contribution in [0.2, 0.25) is 0 Å². The zero-order chi connectivity index (χ0) is 13.0. The Hall–Kier alpha value is -0.980. The minimum atomic E-state index is -0.827. The molecule has 1 amide bonds. The van der Waals surface area contributed by atoms with Gasteiger partial charge in [-0.1, -0.05) is 6.92 Å². The molecule has 1 aromatic rings. The van der Waals surface area contributed by atoms with Gasteiger partial charge < -0.3 is 15.2 Å². The van der Waals surface area contributed by atoms with Gasteiger partial charge in [0.15, 0.2) is 0 Å². The van der Waals surface area contributed by atoms with Crippen LogP contribution in [0, 0.1) is 0 Å². The number of aliphatic hydroxyl groups is 1. The Morgan fingerprint density at radius 3 is 2.94 bits per heavy atom. The largest absolute Gasteiger partial charge is 0.388 e. The molecule has 1 aromatic heterocycles. The third kappa shape index (κ3) is 3.28. The van der Waals surface area contributed by atoms with Gasteiger partial charge in [-0.15, -0.1) is 11.3 Å². The molecule has 6 heteroatoms. The molecule has 2 heterocycles. The molecule has 0 aliphatic carbocycles. The number of aryl methyl sites for hydroxylation is 1. The summed E-state index contributed by atoms with van der Waals surface area (Å²) in [7, 11) is 0. The van der Waals surface area contributed by atoms with E-state index < -0.39 is 5.60 Å². The third-order valence-electron chi connectivity index (χ3n) is 3.08. The Morgan fingerprint density at radius 2 is 2.33 bits per heavy atom. The van der Waals surface area contributed by atoms with Gasteiger partial charge in [0, 0.05) is 32.6 Å². The highest BCUT2D eigenvalue weighted by molar-refractivity contribution is 7.13. The number of hydrogen-bond acceptors (Lipinski definition) is 5. The molecule has 0 unspecified atom stereocenters. The van der Waals surface area contributed by atoms with Crippen molar-refractivity contribution in [1.82, 2.24) is 10.3 Å². The Balaban J connectivity index is 1.87. The quantitative estimate of drug-likeness (QED) is 0.855. The Labute approximate surface area is 110 Å². The van der Waals surface area contributed by atoms with Crippen LogP contribution in [0.25, 0.3) is 0 Å². The van der Waals surface area contributed by atoms with Crippen LogP contribution in [0.1, 0.15) is 34.4 Å². The van der Waals surface area contributed by atoms with Crippen LogP contribution in [0.15, 0.2) is 6.20 Å². The maximum atomic E-state index is 11.9.